The lowest BCUT2D eigenvalue weighted by Crippen LogP contribution is -2.31. The Balaban J connectivity index is 2.88. The minimum atomic E-state index is -0.0444. The number of hydrogen-bond acceptors (Lipinski definition) is 2. The third-order valence-electron chi connectivity index (χ3n) is 3.25. The monoisotopic (exact) mass is 237 g/mol. The molecule has 0 aromatic heterocycles. The van der Waals surface area contributed by atoms with E-state index in [0.717, 1.165) is 49.7 Å². The maximum Gasteiger partial charge on any atom is 0.257 e. The van der Waals surface area contributed by atoms with Gasteiger partial charge in [-0.1, -0.05) is 26.7 Å². The van der Waals surface area contributed by atoms with Crippen molar-refractivity contribution in [2.45, 2.75) is 59.3 Å². The van der Waals surface area contributed by atoms with E-state index < -0.39 is 0 Å². The van der Waals surface area contributed by atoms with Crippen LogP contribution < -0.4 is 0 Å². The summed E-state index contributed by atoms with van der Waals surface area (Å²) in [6.07, 6.45) is 5.60. The molecule has 17 heavy (non-hydrogen) atoms. The summed E-state index contributed by atoms with van der Waals surface area (Å²) in [5.41, 5.74) is 1.57. The van der Waals surface area contributed by atoms with Crippen molar-refractivity contribution in [3.8, 4) is 0 Å². The predicted octanol–water partition coefficient (Wildman–Crippen LogP) is 3.05. The van der Waals surface area contributed by atoms with Gasteiger partial charge in [0.15, 0.2) is 0 Å². The minimum absolute atomic E-state index is 0.0444. The molecule has 1 aliphatic rings. The van der Waals surface area contributed by atoms with Crippen molar-refractivity contribution >= 4 is 11.8 Å². The van der Waals surface area contributed by atoms with Crippen molar-refractivity contribution in [1.29, 1.82) is 0 Å². The Bertz CT molecular complexity index is 301. The summed E-state index contributed by atoms with van der Waals surface area (Å²) in [6.45, 7) is 6.55. The molecular formula is C14H23NO2. The van der Waals surface area contributed by atoms with Gasteiger partial charge in [-0.25, -0.2) is 0 Å². The van der Waals surface area contributed by atoms with Crippen LogP contribution in [-0.2, 0) is 9.59 Å². The fourth-order valence-electron chi connectivity index (χ4n) is 2.19. The van der Waals surface area contributed by atoms with Crippen LogP contribution >= 0.6 is 0 Å². The van der Waals surface area contributed by atoms with Crippen LogP contribution in [0.2, 0.25) is 0 Å². The normalized spacial score (nSPS) is 16.3. The van der Waals surface area contributed by atoms with Gasteiger partial charge in [-0.3, -0.25) is 14.5 Å². The molecule has 0 saturated carbocycles. The molecule has 0 saturated heterocycles. The van der Waals surface area contributed by atoms with E-state index in [-0.39, 0.29) is 11.8 Å². The Labute approximate surface area is 104 Å². The zero-order chi connectivity index (χ0) is 12.8. The third-order valence-corrected chi connectivity index (χ3v) is 3.25. The molecule has 0 aromatic carbocycles. The molecule has 0 spiro atoms. The van der Waals surface area contributed by atoms with E-state index in [0.29, 0.717) is 6.54 Å². The highest BCUT2D eigenvalue weighted by atomic mass is 16.2. The molecule has 0 radical (unpaired) electrons. The average molecular weight is 237 g/mol. The SMILES string of the molecule is CCCCC1=C(CCCC)C(=O)N(CC)C1=O. The number of rotatable bonds is 7. The second-order valence-corrected chi connectivity index (χ2v) is 4.52. The molecule has 0 bridgehead atoms. The van der Waals surface area contributed by atoms with Crippen LogP contribution in [0.3, 0.4) is 0 Å². The molecule has 3 heteroatoms. The van der Waals surface area contributed by atoms with Gasteiger partial charge in [0.05, 0.1) is 0 Å². The number of nitrogens with zero attached hydrogens (tertiary/aromatic N) is 1. The topological polar surface area (TPSA) is 37.4 Å². The van der Waals surface area contributed by atoms with Crippen molar-refractivity contribution in [1.82, 2.24) is 4.90 Å². The van der Waals surface area contributed by atoms with Gasteiger partial charge in [0.2, 0.25) is 0 Å². The van der Waals surface area contributed by atoms with Crippen LogP contribution in [0.5, 0.6) is 0 Å². The average Bonchev–Trinajstić information content (AvgIpc) is 2.55. The summed E-state index contributed by atoms with van der Waals surface area (Å²) in [5, 5.41) is 0. The number of carbonyl (C=O) groups excluding carboxylic acids is 2. The van der Waals surface area contributed by atoms with Crippen LogP contribution in [0.15, 0.2) is 11.1 Å². The summed E-state index contributed by atoms with van der Waals surface area (Å²) in [4.78, 5) is 25.5. The van der Waals surface area contributed by atoms with Gasteiger partial charge in [-0.2, -0.15) is 0 Å². The van der Waals surface area contributed by atoms with Crippen LogP contribution in [0.1, 0.15) is 59.3 Å². The molecule has 2 amide bonds. The fraction of sp³-hybridized carbons (Fsp3) is 0.714. The molecule has 0 unspecified atom stereocenters. The van der Waals surface area contributed by atoms with Crippen molar-refractivity contribution in [3.05, 3.63) is 11.1 Å². The minimum Gasteiger partial charge on any atom is -0.275 e. The quantitative estimate of drug-likeness (QED) is 0.638. The first-order valence-corrected chi connectivity index (χ1v) is 6.75. The van der Waals surface area contributed by atoms with Gasteiger partial charge < -0.3 is 0 Å². The van der Waals surface area contributed by atoms with Gasteiger partial charge in [0.1, 0.15) is 0 Å². The Morgan fingerprint density at radius 1 is 0.824 bits per heavy atom. The van der Waals surface area contributed by atoms with E-state index in [1.54, 1.807) is 0 Å². The number of hydrogen-bond donors (Lipinski definition) is 0. The summed E-state index contributed by atoms with van der Waals surface area (Å²) in [5.74, 6) is -0.0888. The van der Waals surface area contributed by atoms with E-state index in [1.807, 2.05) is 6.92 Å². The largest absolute Gasteiger partial charge is 0.275 e. The van der Waals surface area contributed by atoms with E-state index in [4.69, 9.17) is 0 Å². The summed E-state index contributed by atoms with van der Waals surface area (Å²) < 4.78 is 0. The predicted molar refractivity (Wildman–Crippen MR) is 68.5 cm³/mol. The lowest BCUT2D eigenvalue weighted by atomic mass is 10.0. The van der Waals surface area contributed by atoms with E-state index in [9.17, 15) is 9.59 Å². The second kappa shape index (κ2) is 6.58. The molecule has 0 aliphatic carbocycles. The van der Waals surface area contributed by atoms with Gasteiger partial charge in [0, 0.05) is 17.7 Å². The molecule has 3 nitrogen and oxygen atoms in total. The number of unbranched alkanes of at least 4 members (excludes halogenated alkanes) is 2. The molecule has 0 aromatic rings. The molecule has 0 fully saturated rings. The summed E-state index contributed by atoms with van der Waals surface area (Å²) in [6, 6.07) is 0. The van der Waals surface area contributed by atoms with Gasteiger partial charge in [-0.05, 0) is 32.6 Å². The van der Waals surface area contributed by atoms with Crippen LogP contribution in [0, 0.1) is 0 Å². The van der Waals surface area contributed by atoms with E-state index in [1.165, 1.54) is 4.90 Å². The summed E-state index contributed by atoms with van der Waals surface area (Å²) in [7, 11) is 0. The standard InChI is InChI=1S/C14H23NO2/c1-4-7-9-11-12(10-8-5-2)14(17)15(6-3)13(11)16/h4-10H2,1-3H3. The summed E-state index contributed by atoms with van der Waals surface area (Å²) >= 11 is 0. The molecule has 1 aliphatic heterocycles. The molecule has 96 valence electrons. The maximum absolute atomic E-state index is 12.1. The Morgan fingerprint density at radius 2 is 1.24 bits per heavy atom. The Kier molecular flexibility index (Phi) is 5.39. The first-order chi connectivity index (χ1) is 8.17. The maximum atomic E-state index is 12.1. The van der Waals surface area contributed by atoms with Crippen molar-refractivity contribution in [3.63, 3.8) is 0 Å². The highest BCUT2D eigenvalue weighted by molar-refractivity contribution is 6.19. The third kappa shape index (κ3) is 2.96. The number of amides is 2. The molecule has 1 rings (SSSR count). The van der Waals surface area contributed by atoms with Crippen molar-refractivity contribution < 1.29 is 9.59 Å². The van der Waals surface area contributed by atoms with Crippen LogP contribution in [0.4, 0.5) is 0 Å². The van der Waals surface area contributed by atoms with E-state index in [2.05, 4.69) is 13.8 Å². The van der Waals surface area contributed by atoms with Crippen LogP contribution in [0.25, 0.3) is 0 Å². The first-order valence-electron chi connectivity index (χ1n) is 6.75. The smallest absolute Gasteiger partial charge is 0.257 e. The lowest BCUT2D eigenvalue weighted by molar-refractivity contribution is -0.137. The van der Waals surface area contributed by atoms with Gasteiger partial charge in [0.25, 0.3) is 11.8 Å². The highest BCUT2D eigenvalue weighted by Gasteiger charge is 2.35. The number of carbonyl (C=O) groups is 2. The molecule has 0 N–H and O–H groups in total. The zero-order valence-electron chi connectivity index (χ0n) is 11.2. The molecule has 0 atom stereocenters. The second-order valence-electron chi connectivity index (χ2n) is 4.52. The fourth-order valence-corrected chi connectivity index (χ4v) is 2.19. The number of imide groups is 1. The Hall–Kier alpha value is -1.12. The first kappa shape index (κ1) is 13.9. The van der Waals surface area contributed by atoms with Gasteiger partial charge >= 0.3 is 0 Å². The number of likely N-dealkylation sites (N-methyl/N-ethyl adjacent to an activating group) is 1. The molecule has 1 heterocycles. The van der Waals surface area contributed by atoms with Crippen molar-refractivity contribution in [2.24, 2.45) is 0 Å². The zero-order valence-corrected chi connectivity index (χ0v) is 11.2. The Morgan fingerprint density at radius 3 is 1.53 bits per heavy atom. The molecular weight excluding hydrogens is 214 g/mol. The highest BCUT2D eigenvalue weighted by Crippen LogP contribution is 2.28. The van der Waals surface area contributed by atoms with Crippen LogP contribution in [-0.4, -0.2) is 23.3 Å². The lowest BCUT2D eigenvalue weighted by Gasteiger charge is -2.11. The van der Waals surface area contributed by atoms with Crippen molar-refractivity contribution in [2.75, 3.05) is 6.54 Å². The van der Waals surface area contributed by atoms with E-state index >= 15 is 0 Å². The van der Waals surface area contributed by atoms with Gasteiger partial charge in [-0.15, -0.1) is 0 Å².